The van der Waals surface area contributed by atoms with Gasteiger partial charge in [0.2, 0.25) is 0 Å². The average Bonchev–Trinajstić information content (AvgIpc) is 2.55. The zero-order valence-corrected chi connectivity index (χ0v) is 16.7. The minimum Gasteiger partial charge on any atom is -0.486 e. The highest BCUT2D eigenvalue weighted by molar-refractivity contribution is 5.86. The molecule has 136 valence electrons. The van der Waals surface area contributed by atoms with Crippen LogP contribution in [-0.2, 0) is 11.2 Å². The van der Waals surface area contributed by atoms with E-state index in [4.69, 9.17) is 4.74 Å². The van der Waals surface area contributed by atoms with Gasteiger partial charge in [-0.25, -0.2) is 0 Å². The quantitative estimate of drug-likeness (QED) is 0.630. The Labute approximate surface area is 152 Å². The molecule has 1 aliphatic heterocycles. The van der Waals surface area contributed by atoms with Crippen molar-refractivity contribution in [2.24, 2.45) is 22.7 Å². The van der Waals surface area contributed by atoms with Gasteiger partial charge in [-0.3, -0.25) is 4.79 Å². The summed E-state index contributed by atoms with van der Waals surface area (Å²) in [5.41, 5.74) is 3.55. The molecule has 4 atom stereocenters. The molecule has 1 spiro atoms. The van der Waals surface area contributed by atoms with E-state index in [9.17, 15) is 4.79 Å². The maximum atomic E-state index is 12.7. The van der Waals surface area contributed by atoms with Gasteiger partial charge < -0.3 is 4.74 Å². The van der Waals surface area contributed by atoms with Crippen molar-refractivity contribution in [1.29, 1.82) is 0 Å². The van der Waals surface area contributed by atoms with Crippen LogP contribution in [0.4, 0.5) is 0 Å². The van der Waals surface area contributed by atoms with E-state index >= 15 is 0 Å². The zero-order valence-electron chi connectivity index (χ0n) is 16.7. The second kappa shape index (κ2) is 5.11. The Morgan fingerprint density at radius 3 is 2.56 bits per heavy atom. The Bertz CT molecular complexity index is 747. The van der Waals surface area contributed by atoms with Crippen molar-refractivity contribution in [1.82, 2.24) is 0 Å². The van der Waals surface area contributed by atoms with Gasteiger partial charge in [0, 0.05) is 23.2 Å². The van der Waals surface area contributed by atoms with Gasteiger partial charge in [0.15, 0.2) is 0 Å². The van der Waals surface area contributed by atoms with Crippen LogP contribution in [0.5, 0.6) is 5.75 Å². The number of hydrogen-bond acceptors (Lipinski definition) is 2. The van der Waals surface area contributed by atoms with E-state index in [1.54, 1.807) is 0 Å². The summed E-state index contributed by atoms with van der Waals surface area (Å²) >= 11 is 0. The van der Waals surface area contributed by atoms with Crippen LogP contribution in [0.25, 0.3) is 0 Å². The number of Topliss-reactive ketones (excluding diaryl/α,β-unsaturated/α-hetero) is 1. The highest BCUT2D eigenvalue weighted by Crippen LogP contribution is 2.65. The highest BCUT2D eigenvalue weighted by atomic mass is 16.5. The summed E-state index contributed by atoms with van der Waals surface area (Å²) in [7, 11) is 0. The first kappa shape index (κ1) is 17.1. The first-order valence-corrected chi connectivity index (χ1v) is 9.95. The van der Waals surface area contributed by atoms with Gasteiger partial charge >= 0.3 is 0 Å². The number of rotatable bonds is 0. The third kappa shape index (κ3) is 2.00. The second-order valence-corrected chi connectivity index (χ2v) is 9.76. The number of hydrogen-bond donors (Lipinski definition) is 0. The molecular weight excluding hydrogens is 308 g/mol. The smallest absolute Gasteiger partial charge is 0.139 e. The van der Waals surface area contributed by atoms with Crippen molar-refractivity contribution in [3.05, 3.63) is 28.8 Å². The Morgan fingerprint density at radius 2 is 1.84 bits per heavy atom. The normalized spacial score (nSPS) is 39.0. The molecule has 0 bridgehead atoms. The summed E-state index contributed by atoms with van der Waals surface area (Å²) in [5, 5.41) is 0. The summed E-state index contributed by atoms with van der Waals surface area (Å²) < 4.78 is 7.04. The van der Waals surface area contributed by atoms with E-state index in [1.165, 1.54) is 23.1 Å². The lowest BCUT2D eigenvalue weighted by Crippen LogP contribution is -2.69. The molecule has 1 heterocycles. The van der Waals surface area contributed by atoms with Crippen LogP contribution in [0.1, 0.15) is 70.1 Å². The molecule has 0 aromatic heterocycles. The largest absolute Gasteiger partial charge is 0.486 e. The Kier molecular flexibility index (Phi) is 3.50. The minimum atomic E-state index is -0.283. The van der Waals surface area contributed by atoms with Crippen molar-refractivity contribution in [3.8, 4) is 5.75 Å². The van der Waals surface area contributed by atoms with Crippen molar-refractivity contribution >= 4 is 5.78 Å². The van der Waals surface area contributed by atoms with Crippen LogP contribution in [0.3, 0.4) is 0 Å². The van der Waals surface area contributed by atoms with E-state index < -0.39 is 0 Å². The van der Waals surface area contributed by atoms with Gasteiger partial charge in [-0.15, -0.1) is 0 Å². The molecule has 1 aromatic carbocycles. The average molecular weight is 341 g/mol. The fourth-order valence-electron chi connectivity index (χ4n) is 6.27. The van der Waals surface area contributed by atoms with Gasteiger partial charge in [0.25, 0.3) is 0 Å². The number of fused-ring (bicyclic) bond motifs is 1. The van der Waals surface area contributed by atoms with Gasteiger partial charge in [-0.1, -0.05) is 39.8 Å². The van der Waals surface area contributed by atoms with Crippen molar-refractivity contribution < 1.29 is 9.53 Å². The van der Waals surface area contributed by atoms with Crippen LogP contribution in [0.15, 0.2) is 12.1 Å². The molecule has 2 aliphatic carbocycles. The minimum absolute atomic E-state index is 0.0998. The van der Waals surface area contributed by atoms with Crippen molar-refractivity contribution in [2.75, 3.05) is 0 Å². The number of ether oxygens (including phenoxy) is 1. The summed E-state index contributed by atoms with van der Waals surface area (Å²) in [6, 6.07) is 4.50. The summed E-state index contributed by atoms with van der Waals surface area (Å²) in [6.45, 7) is 13.5. The van der Waals surface area contributed by atoms with E-state index in [-0.39, 0.29) is 16.4 Å². The number of ketones is 1. The molecule has 4 rings (SSSR count). The van der Waals surface area contributed by atoms with Crippen molar-refractivity contribution in [2.45, 2.75) is 79.2 Å². The van der Waals surface area contributed by atoms with E-state index in [0.717, 1.165) is 25.0 Å². The summed E-state index contributed by atoms with van der Waals surface area (Å²) in [4.78, 5) is 12.7. The molecule has 1 aromatic rings. The SMILES string of the molecule is Cc1ccc2c(c1C)OC13CCC(=O)C(C)(C)C1CCC(C)C3(C)C2. The molecule has 4 unspecified atom stereocenters. The second-order valence-electron chi connectivity index (χ2n) is 9.76. The molecule has 0 N–H and O–H groups in total. The Balaban J connectivity index is 1.93. The van der Waals surface area contributed by atoms with Crippen LogP contribution >= 0.6 is 0 Å². The molecule has 0 amide bonds. The lowest BCUT2D eigenvalue weighted by atomic mass is 9.44. The van der Waals surface area contributed by atoms with E-state index in [1.807, 2.05) is 0 Å². The molecule has 2 heteroatoms. The summed E-state index contributed by atoms with van der Waals surface area (Å²) in [5.74, 6) is 2.47. The number of carbonyl (C=O) groups excluding carboxylic acids is 1. The van der Waals surface area contributed by atoms with Gasteiger partial charge in [-0.2, -0.15) is 0 Å². The number of aryl methyl sites for hydroxylation is 1. The van der Waals surface area contributed by atoms with Crippen LogP contribution < -0.4 is 4.74 Å². The zero-order chi connectivity index (χ0) is 18.2. The van der Waals surface area contributed by atoms with E-state index in [0.29, 0.717) is 24.0 Å². The maximum absolute atomic E-state index is 12.7. The molecule has 2 fully saturated rings. The predicted molar refractivity (Wildman–Crippen MR) is 101 cm³/mol. The highest BCUT2D eigenvalue weighted by Gasteiger charge is 2.67. The number of benzene rings is 1. The molecule has 0 radical (unpaired) electrons. The third-order valence-electron chi connectivity index (χ3n) is 8.42. The standard InChI is InChI=1S/C23H32O2/c1-14-7-9-17-13-22(6)15(2)8-10-18-21(4,5)19(24)11-12-23(18,22)25-20(17)16(14)3/h7,9,15,18H,8,10-13H2,1-6H3. The molecular formula is C23H32O2. The Hall–Kier alpha value is -1.31. The fraction of sp³-hybridized carbons (Fsp3) is 0.696. The van der Waals surface area contributed by atoms with Crippen LogP contribution in [0.2, 0.25) is 0 Å². The van der Waals surface area contributed by atoms with Crippen LogP contribution in [0, 0.1) is 36.5 Å². The fourth-order valence-corrected chi connectivity index (χ4v) is 6.27. The monoisotopic (exact) mass is 340 g/mol. The molecule has 2 nitrogen and oxygen atoms in total. The third-order valence-corrected chi connectivity index (χ3v) is 8.42. The lowest BCUT2D eigenvalue weighted by molar-refractivity contribution is -0.208. The maximum Gasteiger partial charge on any atom is 0.139 e. The first-order chi connectivity index (χ1) is 11.6. The van der Waals surface area contributed by atoms with Gasteiger partial charge in [-0.05, 0) is 62.1 Å². The lowest BCUT2D eigenvalue weighted by Gasteiger charge is -2.65. The molecule has 3 aliphatic rings. The van der Waals surface area contributed by atoms with Crippen LogP contribution in [-0.4, -0.2) is 11.4 Å². The topological polar surface area (TPSA) is 26.3 Å². The predicted octanol–water partition coefficient (Wildman–Crippen LogP) is 5.42. The summed E-state index contributed by atoms with van der Waals surface area (Å²) in [6.07, 6.45) is 4.92. The van der Waals surface area contributed by atoms with E-state index in [2.05, 4.69) is 53.7 Å². The number of carbonyl (C=O) groups is 1. The van der Waals surface area contributed by atoms with Gasteiger partial charge in [0.05, 0.1) is 0 Å². The van der Waals surface area contributed by atoms with Crippen molar-refractivity contribution in [3.63, 3.8) is 0 Å². The molecule has 25 heavy (non-hydrogen) atoms. The molecule has 0 saturated heterocycles. The van der Waals surface area contributed by atoms with Gasteiger partial charge in [0.1, 0.15) is 17.1 Å². The molecule has 2 saturated carbocycles. The Morgan fingerprint density at radius 1 is 1.12 bits per heavy atom. The first-order valence-electron chi connectivity index (χ1n) is 9.95.